The molecule has 1 aliphatic rings. The Kier molecular flexibility index (Phi) is 7.04. The van der Waals surface area contributed by atoms with Crippen molar-refractivity contribution in [3.05, 3.63) is 65.9 Å². The van der Waals surface area contributed by atoms with E-state index in [9.17, 15) is 9.90 Å². The Hall–Kier alpha value is -3.65. The maximum atomic E-state index is 12.7. The Morgan fingerprint density at radius 1 is 1.06 bits per heavy atom. The van der Waals surface area contributed by atoms with Crippen LogP contribution in [0.1, 0.15) is 28.8 Å². The summed E-state index contributed by atoms with van der Waals surface area (Å²) in [5.74, 6) is 1.31. The molecule has 2 N–H and O–H groups in total. The lowest BCUT2D eigenvalue weighted by Crippen LogP contribution is -2.44. The summed E-state index contributed by atoms with van der Waals surface area (Å²) in [4.78, 5) is 23.4. The van der Waals surface area contributed by atoms with Crippen LogP contribution in [0.3, 0.4) is 0 Å². The molecule has 0 aliphatic carbocycles. The first-order valence-electron chi connectivity index (χ1n) is 10.9. The van der Waals surface area contributed by atoms with E-state index in [0.29, 0.717) is 12.4 Å². The number of benzene rings is 2. The second kappa shape index (κ2) is 10.3. The largest absolute Gasteiger partial charge is 0.496 e. The molecule has 1 saturated heterocycles. The molecule has 0 bridgehead atoms. The average Bonchev–Trinajstić information content (AvgIpc) is 2.85. The van der Waals surface area contributed by atoms with Gasteiger partial charge in [-0.1, -0.05) is 36.4 Å². The van der Waals surface area contributed by atoms with Crippen molar-refractivity contribution in [2.24, 2.45) is 0 Å². The molecule has 1 aliphatic heterocycles. The number of amides is 1. The molecule has 2 aromatic carbocycles. The molecule has 33 heavy (non-hydrogen) atoms. The minimum absolute atomic E-state index is 0.0153. The van der Waals surface area contributed by atoms with Crippen molar-refractivity contribution >= 4 is 5.91 Å². The molecule has 2 heterocycles. The average molecular weight is 449 g/mol. The fourth-order valence-corrected chi connectivity index (χ4v) is 4.07. The van der Waals surface area contributed by atoms with Gasteiger partial charge in [-0.2, -0.15) is 4.98 Å². The fraction of sp³-hybridized carbons (Fsp3) is 0.320. The smallest absolute Gasteiger partial charge is 0.258 e. The number of ether oxygens (including phenoxy) is 2. The third kappa shape index (κ3) is 5.23. The summed E-state index contributed by atoms with van der Waals surface area (Å²) in [6.07, 6.45) is 2.98. The quantitative estimate of drug-likeness (QED) is 0.573. The number of likely N-dealkylation sites (tertiary alicyclic amines) is 1. The molecule has 0 unspecified atom stereocenters. The molecule has 0 radical (unpaired) electrons. The first-order valence-corrected chi connectivity index (χ1v) is 10.9. The third-order valence-electron chi connectivity index (χ3n) is 5.88. The third-order valence-corrected chi connectivity index (χ3v) is 5.88. The number of aromatic nitrogens is 2. The van der Waals surface area contributed by atoms with E-state index >= 15 is 0 Å². The highest BCUT2D eigenvalue weighted by Gasteiger charge is 2.24. The number of hydrogen-bond donors (Lipinski definition) is 2. The number of aromatic hydroxyl groups is 1. The molecule has 0 atom stereocenters. The van der Waals surface area contributed by atoms with Gasteiger partial charge in [0.25, 0.3) is 5.91 Å². The predicted octanol–water partition coefficient (Wildman–Crippen LogP) is 3.26. The fourth-order valence-electron chi connectivity index (χ4n) is 4.07. The van der Waals surface area contributed by atoms with Gasteiger partial charge in [-0.25, -0.2) is 4.98 Å². The normalized spacial score (nSPS) is 14.6. The van der Waals surface area contributed by atoms with Gasteiger partial charge in [-0.15, -0.1) is 0 Å². The van der Waals surface area contributed by atoms with E-state index in [4.69, 9.17) is 9.47 Å². The van der Waals surface area contributed by atoms with E-state index in [1.54, 1.807) is 14.2 Å². The summed E-state index contributed by atoms with van der Waals surface area (Å²) < 4.78 is 11.0. The second-order valence-corrected chi connectivity index (χ2v) is 7.96. The van der Waals surface area contributed by atoms with Gasteiger partial charge in [0.1, 0.15) is 17.1 Å². The van der Waals surface area contributed by atoms with E-state index in [1.165, 1.54) is 6.20 Å². The molecule has 0 saturated carbocycles. The highest BCUT2D eigenvalue weighted by Crippen LogP contribution is 2.30. The summed E-state index contributed by atoms with van der Waals surface area (Å²) >= 11 is 0. The van der Waals surface area contributed by atoms with Crippen LogP contribution in [0.25, 0.3) is 11.4 Å². The monoisotopic (exact) mass is 448 g/mol. The van der Waals surface area contributed by atoms with E-state index in [2.05, 4.69) is 20.2 Å². The van der Waals surface area contributed by atoms with E-state index < -0.39 is 0 Å². The molecule has 1 fully saturated rings. The number of carbonyl (C=O) groups excluding carboxylic acids is 1. The number of piperidine rings is 1. The first-order chi connectivity index (χ1) is 16.1. The van der Waals surface area contributed by atoms with Crippen LogP contribution < -0.4 is 14.8 Å². The molecule has 3 aromatic rings. The van der Waals surface area contributed by atoms with Crippen molar-refractivity contribution in [3.63, 3.8) is 0 Å². The molecule has 1 amide bonds. The summed E-state index contributed by atoms with van der Waals surface area (Å²) in [5, 5.41) is 13.3. The molecule has 8 heteroatoms. The zero-order chi connectivity index (χ0) is 23.2. The van der Waals surface area contributed by atoms with Gasteiger partial charge in [0.15, 0.2) is 5.82 Å². The van der Waals surface area contributed by atoms with E-state index in [-0.39, 0.29) is 23.4 Å². The molecule has 0 spiro atoms. The van der Waals surface area contributed by atoms with Crippen molar-refractivity contribution in [1.29, 1.82) is 0 Å². The van der Waals surface area contributed by atoms with Gasteiger partial charge in [-0.05, 0) is 25.0 Å². The molecular formula is C25H28N4O4. The Morgan fingerprint density at radius 3 is 2.33 bits per heavy atom. The van der Waals surface area contributed by atoms with Crippen molar-refractivity contribution < 1.29 is 19.4 Å². The van der Waals surface area contributed by atoms with Crippen LogP contribution >= 0.6 is 0 Å². The summed E-state index contributed by atoms with van der Waals surface area (Å²) in [6, 6.07) is 15.1. The zero-order valence-corrected chi connectivity index (χ0v) is 18.8. The van der Waals surface area contributed by atoms with Gasteiger partial charge in [0.05, 0.1) is 19.8 Å². The Labute approximate surface area is 193 Å². The number of nitrogens with one attached hydrogen (secondary N) is 1. The maximum Gasteiger partial charge on any atom is 0.258 e. The maximum absolute atomic E-state index is 12.7. The predicted molar refractivity (Wildman–Crippen MR) is 124 cm³/mol. The van der Waals surface area contributed by atoms with Gasteiger partial charge in [-0.3, -0.25) is 9.69 Å². The number of hydrogen-bond acceptors (Lipinski definition) is 7. The summed E-state index contributed by atoms with van der Waals surface area (Å²) in [5.41, 5.74) is 1.88. The SMILES string of the molecule is COc1cccc(OC)c1CN1CCC(NC(=O)c2cnc(-c3ccccc3)nc2O)CC1. The minimum atomic E-state index is -0.364. The zero-order valence-electron chi connectivity index (χ0n) is 18.8. The molecule has 1 aromatic heterocycles. The van der Waals surface area contributed by atoms with E-state index in [0.717, 1.165) is 48.6 Å². The van der Waals surface area contributed by atoms with Crippen molar-refractivity contribution in [1.82, 2.24) is 20.2 Å². The van der Waals surface area contributed by atoms with Crippen molar-refractivity contribution in [3.8, 4) is 28.8 Å². The van der Waals surface area contributed by atoms with E-state index in [1.807, 2.05) is 48.5 Å². The van der Waals surface area contributed by atoms with Crippen molar-refractivity contribution in [2.75, 3.05) is 27.3 Å². The number of methoxy groups -OCH3 is 2. The lowest BCUT2D eigenvalue weighted by atomic mass is 10.0. The van der Waals surface area contributed by atoms with Crippen LogP contribution in [0.2, 0.25) is 0 Å². The number of nitrogens with zero attached hydrogens (tertiary/aromatic N) is 3. The Balaban J connectivity index is 1.35. The first kappa shape index (κ1) is 22.5. The number of rotatable bonds is 7. The second-order valence-electron chi connectivity index (χ2n) is 7.96. The van der Waals surface area contributed by atoms with Crippen LogP contribution in [0.4, 0.5) is 0 Å². The van der Waals surface area contributed by atoms with Crippen LogP contribution in [0.5, 0.6) is 17.4 Å². The highest BCUT2D eigenvalue weighted by molar-refractivity contribution is 5.96. The van der Waals surface area contributed by atoms with Crippen LogP contribution in [0.15, 0.2) is 54.7 Å². The molecule has 172 valence electrons. The van der Waals surface area contributed by atoms with Gasteiger partial charge in [0.2, 0.25) is 5.88 Å². The van der Waals surface area contributed by atoms with Crippen LogP contribution in [0, 0.1) is 0 Å². The molecule has 8 nitrogen and oxygen atoms in total. The van der Waals surface area contributed by atoms with Crippen LogP contribution in [-0.4, -0.2) is 59.2 Å². The molecule has 4 rings (SSSR count). The van der Waals surface area contributed by atoms with Gasteiger partial charge < -0.3 is 19.9 Å². The lowest BCUT2D eigenvalue weighted by Gasteiger charge is -2.33. The van der Waals surface area contributed by atoms with Gasteiger partial charge >= 0.3 is 0 Å². The Morgan fingerprint density at radius 2 is 1.73 bits per heavy atom. The summed E-state index contributed by atoms with van der Waals surface area (Å²) in [6.45, 7) is 2.35. The minimum Gasteiger partial charge on any atom is -0.496 e. The Bertz CT molecular complexity index is 1080. The highest BCUT2D eigenvalue weighted by atomic mass is 16.5. The topological polar surface area (TPSA) is 96.8 Å². The van der Waals surface area contributed by atoms with Gasteiger partial charge in [0, 0.05) is 37.4 Å². The standard InChI is InChI=1S/C25H28N4O4/c1-32-21-9-6-10-22(33-2)20(21)16-29-13-11-18(12-14-29)27-24(30)19-15-26-23(28-25(19)31)17-7-4-3-5-8-17/h3-10,15,18H,11-14,16H2,1-2H3,(H,27,30)(H,26,28,31). The number of carbonyl (C=O) groups is 1. The summed E-state index contributed by atoms with van der Waals surface area (Å²) in [7, 11) is 3.32. The lowest BCUT2D eigenvalue weighted by molar-refractivity contribution is 0.0904. The van der Waals surface area contributed by atoms with Crippen LogP contribution in [-0.2, 0) is 6.54 Å². The van der Waals surface area contributed by atoms with Crippen molar-refractivity contribution in [2.45, 2.75) is 25.4 Å². The molecular weight excluding hydrogens is 420 g/mol.